The van der Waals surface area contributed by atoms with Gasteiger partial charge in [-0.1, -0.05) is 104 Å². The molecule has 53 heavy (non-hydrogen) atoms. The number of benzene rings is 4. The molecule has 276 valence electrons. The molecule has 2 N–H and O–H groups in total. The lowest BCUT2D eigenvalue weighted by Gasteiger charge is -2.43. The molecule has 0 radical (unpaired) electrons. The van der Waals surface area contributed by atoms with Crippen molar-refractivity contribution in [3.63, 3.8) is 0 Å². The fraction of sp³-hybridized carbons (Fsp3) is 0.372. The summed E-state index contributed by atoms with van der Waals surface area (Å²) >= 11 is 0. The number of carbonyl (C=O) groups excluding carboxylic acids is 3. The molecule has 4 aromatic rings. The smallest absolute Gasteiger partial charge is 0.408 e. The molecule has 3 saturated heterocycles. The van der Waals surface area contributed by atoms with Gasteiger partial charge in [0.2, 0.25) is 5.91 Å². The van der Waals surface area contributed by atoms with E-state index in [1.165, 1.54) is 24.2 Å². The highest BCUT2D eigenvalue weighted by Crippen LogP contribution is 2.42. The minimum atomic E-state index is -0.973. The topological polar surface area (TPSA) is 118 Å². The fourth-order valence-corrected chi connectivity index (χ4v) is 7.49. The Labute approximate surface area is 310 Å². The van der Waals surface area contributed by atoms with Crippen LogP contribution in [0.15, 0.2) is 103 Å². The van der Waals surface area contributed by atoms with Gasteiger partial charge in [0.05, 0.1) is 31.8 Å². The molecule has 0 bridgehead atoms. The average Bonchev–Trinajstić information content (AvgIpc) is 3.45. The summed E-state index contributed by atoms with van der Waals surface area (Å²) in [5.41, 5.74) is 6.30. The quantitative estimate of drug-likeness (QED) is 0.165. The van der Waals surface area contributed by atoms with E-state index in [-0.39, 0.29) is 50.2 Å². The number of hydrogen-bond donors (Lipinski definition) is 2. The van der Waals surface area contributed by atoms with Crippen LogP contribution in [-0.4, -0.2) is 64.6 Å². The van der Waals surface area contributed by atoms with E-state index < -0.39 is 24.3 Å². The number of hydrogen-bond acceptors (Lipinski definition) is 8. The van der Waals surface area contributed by atoms with E-state index in [1.54, 1.807) is 0 Å². The number of nitrogens with zero attached hydrogens (tertiary/aromatic N) is 2. The van der Waals surface area contributed by atoms with Gasteiger partial charge in [0.15, 0.2) is 6.29 Å². The second kappa shape index (κ2) is 16.9. The molecule has 4 aromatic carbocycles. The van der Waals surface area contributed by atoms with Crippen molar-refractivity contribution in [3.05, 3.63) is 131 Å². The molecule has 0 saturated carbocycles. The van der Waals surface area contributed by atoms with Crippen LogP contribution < -0.4 is 5.32 Å². The number of aliphatic hydroxyl groups excluding tert-OH is 1. The van der Waals surface area contributed by atoms with Crippen molar-refractivity contribution in [2.45, 2.75) is 76.9 Å². The number of carbonyl (C=O) groups is 3. The number of nitrogens with one attached hydrogen (secondary N) is 1. The molecular weight excluding hydrogens is 670 g/mol. The van der Waals surface area contributed by atoms with E-state index in [0.717, 1.165) is 58.6 Å². The maximum Gasteiger partial charge on any atom is 0.408 e. The van der Waals surface area contributed by atoms with Gasteiger partial charge in [-0.25, -0.2) is 4.79 Å². The number of ether oxygens (including phenoxy) is 3. The Morgan fingerprint density at radius 2 is 1.53 bits per heavy atom. The number of amides is 3. The Hall–Kier alpha value is -4.87. The maximum atomic E-state index is 13.2. The van der Waals surface area contributed by atoms with Crippen LogP contribution in [0.2, 0.25) is 0 Å². The standard InChI is InChI=1S/C43H47N3O7/c1-29-38(26-45-20-6-3-7-21-45)52-42(53-40(29)33-18-16-30(27-47)17-19-33)36-15-9-14-35(23-36)34-13-8-12-32(22-34)25-46-39(48)24-37(41(46)49)44-43(50)51-28-31-10-4-2-5-11-31/h2,4-5,8-19,22-23,29,37-38,40,42,47H,3,6-7,20-21,24-28H2,1H3,(H,44,50). The van der Waals surface area contributed by atoms with E-state index in [2.05, 4.69) is 23.2 Å². The molecule has 3 aliphatic heterocycles. The minimum absolute atomic E-state index is 0.00689. The van der Waals surface area contributed by atoms with Crippen molar-refractivity contribution in [2.75, 3.05) is 19.6 Å². The van der Waals surface area contributed by atoms with Gasteiger partial charge in [-0.3, -0.25) is 14.5 Å². The number of rotatable bonds is 11. The summed E-state index contributed by atoms with van der Waals surface area (Å²) in [6, 6.07) is 32.2. The zero-order valence-corrected chi connectivity index (χ0v) is 30.1. The third-order valence-electron chi connectivity index (χ3n) is 10.5. The minimum Gasteiger partial charge on any atom is -0.445 e. The van der Waals surface area contributed by atoms with Crippen molar-refractivity contribution in [1.29, 1.82) is 0 Å². The lowest BCUT2D eigenvalue weighted by molar-refractivity contribution is -0.276. The Bertz CT molecular complexity index is 1880. The first kappa shape index (κ1) is 36.5. The van der Waals surface area contributed by atoms with Gasteiger partial charge >= 0.3 is 6.09 Å². The first-order valence-corrected chi connectivity index (χ1v) is 18.6. The largest absolute Gasteiger partial charge is 0.445 e. The van der Waals surface area contributed by atoms with Gasteiger partial charge in [0.1, 0.15) is 12.6 Å². The second-order valence-corrected chi connectivity index (χ2v) is 14.3. The molecule has 0 aliphatic carbocycles. The van der Waals surface area contributed by atoms with E-state index in [1.807, 2.05) is 97.1 Å². The molecule has 3 heterocycles. The number of piperidine rings is 1. The van der Waals surface area contributed by atoms with Crippen LogP contribution in [0.25, 0.3) is 11.1 Å². The van der Waals surface area contributed by atoms with Crippen LogP contribution in [0, 0.1) is 5.92 Å². The van der Waals surface area contributed by atoms with Crippen LogP contribution in [0.4, 0.5) is 4.79 Å². The molecule has 5 atom stereocenters. The highest BCUT2D eigenvalue weighted by atomic mass is 16.7. The zero-order valence-electron chi connectivity index (χ0n) is 30.1. The van der Waals surface area contributed by atoms with E-state index in [9.17, 15) is 19.5 Å². The number of imide groups is 1. The molecule has 3 amide bonds. The second-order valence-electron chi connectivity index (χ2n) is 14.3. The zero-order chi connectivity index (χ0) is 36.7. The first-order chi connectivity index (χ1) is 25.8. The Balaban J connectivity index is 1.04. The van der Waals surface area contributed by atoms with Crippen molar-refractivity contribution in [3.8, 4) is 11.1 Å². The van der Waals surface area contributed by atoms with E-state index in [4.69, 9.17) is 14.2 Å². The van der Waals surface area contributed by atoms with Gasteiger partial charge in [0, 0.05) is 18.0 Å². The van der Waals surface area contributed by atoms with Gasteiger partial charge in [0.25, 0.3) is 5.91 Å². The highest BCUT2D eigenvalue weighted by Gasteiger charge is 2.41. The van der Waals surface area contributed by atoms with Crippen LogP contribution in [-0.2, 0) is 43.6 Å². The Kier molecular flexibility index (Phi) is 11.6. The molecule has 10 heteroatoms. The molecule has 10 nitrogen and oxygen atoms in total. The predicted molar refractivity (Wildman–Crippen MR) is 199 cm³/mol. The monoisotopic (exact) mass is 717 g/mol. The van der Waals surface area contributed by atoms with Gasteiger partial charge < -0.3 is 29.5 Å². The number of likely N-dealkylation sites (tertiary alicyclic amines) is 2. The van der Waals surface area contributed by atoms with Crippen LogP contribution in [0.1, 0.15) is 72.8 Å². The third-order valence-corrected chi connectivity index (χ3v) is 10.5. The van der Waals surface area contributed by atoms with E-state index in [0.29, 0.717) is 0 Å². The van der Waals surface area contributed by atoms with Gasteiger partial charge in [-0.05, 0) is 71.4 Å². The van der Waals surface area contributed by atoms with Crippen LogP contribution >= 0.6 is 0 Å². The number of alkyl carbamates (subject to hydrolysis) is 1. The van der Waals surface area contributed by atoms with E-state index >= 15 is 0 Å². The predicted octanol–water partition coefficient (Wildman–Crippen LogP) is 6.68. The van der Waals surface area contributed by atoms with Crippen molar-refractivity contribution < 1.29 is 33.7 Å². The molecule has 5 unspecified atom stereocenters. The van der Waals surface area contributed by atoms with Gasteiger partial charge in [-0.15, -0.1) is 0 Å². The summed E-state index contributed by atoms with van der Waals surface area (Å²) < 4.78 is 18.8. The van der Waals surface area contributed by atoms with Crippen molar-refractivity contribution in [1.82, 2.24) is 15.1 Å². The number of aliphatic hydroxyl groups is 1. The summed E-state index contributed by atoms with van der Waals surface area (Å²) in [4.78, 5) is 42.3. The molecule has 0 aromatic heterocycles. The lowest BCUT2D eigenvalue weighted by atomic mass is 9.89. The molecule has 3 aliphatic rings. The summed E-state index contributed by atoms with van der Waals surface area (Å²) in [5.74, 6) is -0.699. The average molecular weight is 718 g/mol. The summed E-state index contributed by atoms with van der Waals surface area (Å²) in [6.07, 6.45) is 2.00. The fourth-order valence-electron chi connectivity index (χ4n) is 7.49. The maximum absolute atomic E-state index is 13.2. The summed E-state index contributed by atoms with van der Waals surface area (Å²) in [6.45, 7) is 5.34. The first-order valence-electron chi connectivity index (χ1n) is 18.6. The molecule has 3 fully saturated rings. The SMILES string of the molecule is CC1C(CN2CCCCC2)OC(c2cccc(-c3cccc(CN4C(=O)CC(NC(=O)OCc5ccccc5)C4=O)c3)c2)OC1c1ccc(CO)cc1. The molecule has 0 spiro atoms. The highest BCUT2D eigenvalue weighted by molar-refractivity contribution is 6.06. The lowest BCUT2D eigenvalue weighted by Crippen LogP contribution is -2.45. The summed E-state index contributed by atoms with van der Waals surface area (Å²) in [7, 11) is 0. The van der Waals surface area contributed by atoms with Crippen LogP contribution in [0.3, 0.4) is 0 Å². The Morgan fingerprint density at radius 3 is 2.28 bits per heavy atom. The normalized spacial score (nSPS) is 23.6. The molecule has 7 rings (SSSR count). The third kappa shape index (κ3) is 8.85. The van der Waals surface area contributed by atoms with Crippen LogP contribution in [0.5, 0.6) is 0 Å². The van der Waals surface area contributed by atoms with Crippen molar-refractivity contribution >= 4 is 17.9 Å². The van der Waals surface area contributed by atoms with Gasteiger partial charge in [-0.2, -0.15) is 0 Å². The summed E-state index contributed by atoms with van der Waals surface area (Å²) in [5, 5.41) is 12.2. The Morgan fingerprint density at radius 1 is 0.811 bits per heavy atom. The molecular formula is C43H47N3O7. The van der Waals surface area contributed by atoms with Crippen molar-refractivity contribution in [2.24, 2.45) is 5.92 Å².